The number of halogens is 1. The second kappa shape index (κ2) is 12.7. The Balaban J connectivity index is 0.00000461. The van der Waals surface area contributed by atoms with Crippen molar-refractivity contribution in [2.45, 2.75) is 62.4 Å². The number of carbonyl (C=O) groups is 3. The molecule has 0 radical (unpaired) electrons. The van der Waals surface area contributed by atoms with E-state index >= 15 is 0 Å². The van der Waals surface area contributed by atoms with E-state index in [0.29, 0.717) is 0 Å². The summed E-state index contributed by atoms with van der Waals surface area (Å²) in [5.41, 5.74) is -2.21. The topological polar surface area (TPSA) is 259 Å². The molecular weight excluding hydrogens is 645 g/mol. The Morgan fingerprint density at radius 3 is 2.42 bits per heavy atom. The van der Waals surface area contributed by atoms with Gasteiger partial charge in [0.1, 0.15) is 29.5 Å². The van der Waals surface area contributed by atoms with Gasteiger partial charge in [0, 0.05) is 36.0 Å². The summed E-state index contributed by atoms with van der Waals surface area (Å²) in [6, 6.07) is 3.07. The highest BCUT2D eigenvalue weighted by Gasteiger charge is 2.50. The van der Waals surface area contributed by atoms with Crippen molar-refractivity contribution in [1.82, 2.24) is 5.48 Å². The average molecular weight is 676 g/mol. The predicted molar refractivity (Wildman–Crippen MR) is 151 cm³/mol. The molecule has 1 aliphatic heterocycles. The van der Waals surface area contributed by atoms with E-state index in [0.717, 1.165) is 0 Å². The van der Waals surface area contributed by atoms with Crippen molar-refractivity contribution in [2.75, 3.05) is 13.7 Å². The summed E-state index contributed by atoms with van der Waals surface area (Å²) in [7, 11) is -3.72. The van der Waals surface area contributed by atoms with Gasteiger partial charge in [-0.25, -0.2) is 4.57 Å². The number of ketones is 3. The van der Waals surface area contributed by atoms with Crippen LogP contribution in [0.5, 0.6) is 17.2 Å². The van der Waals surface area contributed by atoms with E-state index in [9.17, 15) is 44.5 Å². The number of benzene rings is 2. The number of ether oxygens (including phenoxy) is 3. The Morgan fingerprint density at radius 1 is 1.13 bits per heavy atom. The lowest BCUT2D eigenvalue weighted by molar-refractivity contribution is -0.254. The zero-order valence-electron chi connectivity index (χ0n) is 23.7. The molecule has 45 heavy (non-hydrogen) atoms. The van der Waals surface area contributed by atoms with Crippen LogP contribution in [0, 0.1) is 0 Å². The number of phosphoric acid groups is 1. The maximum Gasteiger partial charge on any atom is 0.486 e. The molecular formula is C27H31ClNO15P. The number of hydroxylamine groups is 1. The molecule has 3 aliphatic rings. The van der Waals surface area contributed by atoms with Crippen molar-refractivity contribution < 1.29 is 73.1 Å². The van der Waals surface area contributed by atoms with E-state index in [1.54, 1.807) is 0 Å². The van der Waals surface area contributed by atoms with Gasteiger partial charge in [-0.3, -0.25) is 14.4 Å². The molecule has 1 fully saturated rings. The molecule has 0 amide bonds. The van der Waals surface area contributed by atoms with Gasteiger partial charge in [-0.05, 0) is 13.0 Å². The van der Waals surface area contributed by atoms with Gasteiger partial charge in [-0.1, -0.05) is 12.1 Å². The second-order valence-electron chi connectivity index (χ2n) is 10.8. The number of hydrogen-bond donors (Lipinski definition) is 8. The summed E-state index contributed by atoms with van der Waals surface area (Å²) < 4.78 is 32.4. The number of aromatic hydroxyl groups is 2. The van der Waals surface area contributed by atoms with Gasteiger partial charge in [-0.15, -0.1) is 12.4 Å². The largest absolute Gasteiger partial charge is 0.507 e. The Labute approximate surface area is 261 Å². The summed E-state index contributed by atoms with van der Waals surface area (Å²) in [5.74, 6) is -4.26. The van der Waals surface area contributed by atoms with Gasteiger partial charge in [0.25, 0.3) is 0 Å². The van der Waals surface area contributed by atoms with E-state index in [-0.39, 0.29) is 46.8 Å². The fraction of sp³-hybridized carbons (Fsp3) is 0.444. The molecule has 0 spiro atoms. The number of fused-ring (bicyclic) bond motifs is 3. The van der Waals surface area contributed by atoms with Crippen molar-refractivity contribution in [1.29, 1.82) is 0 Å². The van der Waals surface area contributed by atoms with Crippen LogP contribution in [0.25, 0.3) is 0 Å². The third-order valence-corrected chi connectivity index (χ3v) is 8.43. The lowest BCUT2D eigenvalue weighted by atomic mass is 9.72. The van der Waals surface area contributed by atoms with Crippen LogP contribution >= 0.6 is 20.2 Å². The fourth-order valence-electron chi connectivity index (χ4n) is 5.97. The maximum absolute atomic E-state index is 13.7. The minimum atomic E-state index is -5.00. The number of Topliss-reactive ketones (excluding diaryl/α,β-unsaturated/α-hetero) is 1. The summed E-state index contributed by atoms with van der Waals surface area (Å²) in [4.78, 5) is 58.1. The SMILES string of the molecule is COc1cccc2c1C(=O)c1c(O)c3c(c(O)c1C2=O)C[C@@](O)(C(=O)CO)C[C@@H]3OC1CC(NOP(=O)(O)O)C(O)C(C)O1.Cl. The third kappa shape index (κ3) is 6.12. The molecule has 5 rings (SSSR count). The number of carbonyl (C=O) groups excluding carboxylic acids is 3. The highest BCUT2D eigenvalue weighted by atomic mass is 35.5. The molecule has 8 N–H and O–H groups in total. The second-order valence-corrected chi connectivity index (χ2v) is 12.0. The Morgan fingerprint density at radius 2 is 1.80 bits per heavy atom. The fourth-order valence-corrected chi connectivity index (χ4v) is 6.24. The first-order valence-corrected chi connectivity index (χ1v) is 14.9. The molecule has 246 valence electrons. The van der Waals surface area contributed by atoms with Crippen molar-refractivity contribution in [3.63, 3.8) is 0 Å². The van der Waals surface area contributed by atoms with Crippen LogP contribution < -0.4 is 10.2 Å². The summed E-state index contributed by atoms with van der Waals surface area (Å²) in [5, 5.41) is 54.3. The van der Waals surface area contributed by atoms with E-state index in [4.69, 9.17) is 24.0 Å². The molecule has 0 saturated carbocycles. The molecule has 4 unspecified atom stereocenters. The summed E-state index contributed by atoms with van der Waals surface area (Å²) in [6.07, 6.45) is -6.80. The number of phenolic OH excluding ortho intramolecular Hbond substituents is 2. The number of aliphatic hydroxyl groups excluding tert-OH is 2. The molecule has 0 bridgehead atoms. The van der Waals surface area contributed by atoms with Gasteiger partial charge < -0.3 is 49.5 Å². The van der Waals surface area contributed by atoms with Gasteiger partial charge in [0.15, 0.2) is 17.9 Å². The third-order valence-electron chi connectivity index (χ3n) is 8.08. The standard InChI is InChI=1S/C27H30NO15P.ClH/c1-10-22(31)13(28-43-44(37,38)39)6-17(41-10)42-15-8-27(36,16(30)9-29)7-12-19(15)26(35)21-20(24(12)33)23(32)11-4-3-5-14(40-2)18(11)25(21)34;/h3-5,10,13,15,17,22,28-29,31,33,35-36H,6-9H2,1-2H3,(H2,37,38,39);1H/t10?,13?,15-,17?,22?,27-;/m0./s1. The first-order chi connectivity index (χ1) is 20.6. The Kier molecular flexibility index (Phi) is 9.81. The van der Waals surface area contributed by atoms with Crippen LogP contribution in [-0.4, -0.2) is 96.5 Å². The van der Waals surface area contributed by atoms with Crippen molar-refractivity contribution in [2.24, 2.45) is 0 Å². The Bertz CT molecular complexity index is 1590. The van der Waals surface area contributed by atoms with Gasteiger partial charge in [0.05, 0.1) is 48.2 Å². The predicted octanol–water partition coefficient (Wildman–Crippen LogP) is 0.0783. The quantitative estimate of drug-likeness (QED) is 0.0893. The minimum Gasteiger partial charge on any atom is -0.507 e. The minimum absolute atomic E-state index is 0. The highest BCUT2D eigenvalue weighted by Crippen LogP contribution is 2.52. The van der Waals surface area contributed by atoms with E-state index < -0.39 is 103 Å². The average Bonchev–Trinajstić information content (AvgIpc) is 2.97. The van der Waals surface area contributed by atoms with Gasteiger partial charge in [0.2, 0.25) is 5.78 Å². The van der Waals surface area contributed by atoms with E-state index in [1.165, 1.54) is 32.2 Å². The smallest absolute Gasteiger partial charge is 0.486 e. The van der Waals surface area contributed by atoms with Crippen LogP contribution in [-0.2, 0) is 29.9 Å². The number of aliphatic hydroxyl groups is 3. The molecule has 2 aromatic carbocycles. The molecule has 18 heteroatoms. The number of methoxy groups -OCH3 is 1. The van der Waals surface area contributed by atoms with Crippen LogP contribution in [0.1, 0.15) is 68.8 Å². The molecule has 0 aromatic heterocycles. The van der Waals surface area contributed by atoms with Crippen molar-refractivity contribution in [3.05, 3.63) is 51.6 Å². The molecule has 2 aliphatic carbocycles. The zero-order chi connectivity index (χ0) is 32.3. The summed E-state index contributed by atoms with van der Waals surface area (Å²) in [6.45, 7) is 0.317. The van der Waals surface area contributed by atoms with E-state index in [2.05, 4.69) is 10.1 Å². The zero-order valence-corrected chi connectivity index (χ0v) is 25.4. The summed E-state index contributed by atoms with van der Waals surface area (Å²) >= 11 is 0. The van der Waals surface area contributed by atoms with Gasteiger partial charge in [-0.2, -0.15) is 10.1 Å². The Hall–Kier alpha value is -2.99. The molecule has 2 aromatic rings. The van der Waals surface area contributed by atoms with Crippen LogP contribution in [0.2, 0.25) is 0 Å². The first kappa shape index (κ1) is 34.9. The molecule has 1 heterocycles. The van der Waals surface area contributed by atoms with E-state index in [1.807, 2.05) is 0 Å². The molecule has 1 saturated heterocycles. The van der Waals surface area contributed by atoms with Crippen LogP contribution in [0.4, 0.5) is 0 Å². The molecule has 16 nitrogen and oxygen atoms in total. The highest BCUT2D eigenvalue weighted by molar-refractivity contribution is 7.46. The maximum atomic E-state index is 13.7. The van der Waals surface area contributed by atoms with Crippen molar-refractivity contribution >= 4 is 37.6 Å². The van der Waals surface area contributed by atoms with Gasteiger partial charge >= 0.3 is 7.82 Å². The monoisotopic (exact) mass is 675 g/mol. The van der Waals surface area contributed by atoms with Crippen LogP contribution in [0.3, 0.4) is 0 Å². The molecule has 6 atom stereocenters. The number of phenols is 2. The van der Waals surface area contributed by atoms with Crippen molar-refractivity contribution in [3.8, 4) is 17.2 Å². The normalized spacial score (nSPS) is 27.6. The number of nitrogens with one attached hydrogen (secondary N) is 1. The lowest BCUT2D eigenvalue weighted by Crippen LogP contribution is -2.54. The lowest BCUT2D eigenvalue weighted by Gasteiger charge is -2.42. The first-order valence-electron chi connectivity index (χ1n) is 13.3. The number of rotatable bonds is 8. The van der Waals surface area contributed by atoms with Crippen LogP contribution in [0.15, 0.2) is 18.2 Å². The number of hydrogen-bond acceptors (Lipinski definition) is 14.